The van der Waals surface area contributed by atoms with Gasteiger partial charge in [0.25, 0.3) is 0 Å². The number of rotatable bonds is 5. The molecule has 0 fully saturated rings. The Morgan fingerprint density at radius 1 is 1.11 bits per heavy atom. The van der Waals surface area contributed by atoms with Gasteiger partial charge in [-0.3, -0.25) is 4.79 Å². The maximum Gasteiger partial charge on any atom is 0.326 e. The number of carboxylic acid groups (broad SMARTS) is 2. The van der Waals surface area contributed by atoms with Crippen LogP contribution in [0.2, 0.25) is 0 Å². The fourth-order valence-electron chi connectivity index (χ4n) is 2.05. The van der Waals surface area contributed by atoms with Gasteiger partial charge in [-0.05, 0) is 43.5 Å². The molecule has 0 aliphatic carbocycles. The van der Waals surface area contributed by atoms with E-state index in [0.29, 0.717) is 0 Å². The monoisotopic (exact) mass is 265 g/mol. The number of carboxylic acids is 2. The van der Waals surface area contributed by atoms with E-state index in [-0.39, 0.29) is 0 Å². The first-order chi connectivity index (χ1) is 8.73. The molecule has 0 bridgehead atoms. The summed E-state index contributed by atoms with van der Waals surface area (Å²) in [6, 6.07) is 2.79. The zero-order chi connectivity index (χ0) is 14.7. The number of carbonyl (C=O) groups is 2. The van der Waals surface area contributed by atoms with E-state index in [4.69, 9.17) is 10.2 Å². The summed E-state index contributed by atoms with van der Waals surface area (Å²) in [5.74, 6) is -2.26. The second-order valence-electron chi connectivity index (χ2n) is 4.79. The Hall–Kier alpha value is -2.04. The van der Waals surface area contributed by atoms with Gasteiger partial charge < -0.3 is 15.1 Å². The summed E-state index contributed by atoms with van der Waals surface area (Å²) in [5.41, 5.74) is 3.85. The average Bonchev–Trinajstić information content (AvgIpc) is 2.29. The Bertz CT molecular complexity index is 510. The van der Waals surface area contributed by atoms with E-state index in [9.17, 15) is 9.59 Å². The number of hydrogen-bond acceptors (Lipinski definition) is 3. The van der Waals surface area contributed by atoms with Gasteiger partial charge in [0.2, 0.25) is 0 Å². The summed E-state index contributed by atoms with van der Waals surface area (Å²) in [5, 5.41) is 18.0. The lowest BCUT2D eigenvalue weighted by molar-refractivity contribution is -0.145. The molecular weight excluding hydrogens is 246 g/mol. The molecular formula is C14H19NO4. The number of aliphatic carboxylic acids is 2. The molecule has 19 heavy (non-hydrogen) atoms. The van der Waals surface area contributed by atoms with Gasteiger partial charge in [-0.15, -0.1) is 0 Å². The van der Waals surface area contributed by atoms with Gasteiger partial charge in [0.15, 0.2) is 0 Å². The maximum absolute atomic E-state index is 11.2. The highest BCUT2D eigenvalue weighted by molar-refractivity contribution is 5.84. The van der Waals surface area contributed by atoms with Gasteiger partial charge in [0, 0.05) is 12.7 Å². The largest absolute Gasteiger partial charge is 0.481 e. The predicted octanol–water partition coefficient (Wildman–Crippen LogP) is 1.98. The van der Waals surface area contributed by atoms with Crippen LogP contribution >= 0.6 is 0 Å². The molecule has 0 saturated heterocycles. The first kappa shape index (κ1) is 15.0. The number of likely N-dealkylation sites (N-methyl/N-ethyl adjacent to an activating group) is 1. The van der Waals surface area contributed by atoms with Crippen LogP contribution in [-0.4, -0.2) is 35.2 Å². The molecule has 0 aliphatic heterocycles. The van der Waals surface area contributed by atoms with Crippen molar-refractivity contribution in [2.24, 2.45) is 0 Å². The van der Waals surface area contributed by atoms with Gasteiger partial charge in [0.05, 0.1) is 6.42 Å². The van der Waals surface area contributed by atoms with Crippen LogP contribution in [0.5, 0.6) is 0 Å². The molecule has 0 aromatic heterocycles. The van der Waals surface area contributed by atoms with E-state index in [1.807, 2.05) is 32.9 Å². The van der Waals surface area contributed by atoms with Crippen LogP contribution in [-0.2, 0) is 9.59 Å². The lowest BCUT2D eigenvalue weighted by atomic mass is 10.0. The van der Waals surface area contributed by atoms with E-state index in [1.165, 1.54) is 4.90 Å². The average molecular weight is 265 g/mol. The highest BCUT2D eigenvalue weighted by Crippen LogP contribution is 2.25. The molecule has 5 heteroatoms. The Morgan fingerprint density at radius 2 is 1.63 bits per heavy atom. The van der Waals surface area contributed by atoms with Crippen molar-refractivity contribution in [3.8, 4) is 0 Å². The molecule has 1 unspecified atom stereocenters. The van der Waals surface area contributed by atoms with Crippen LogP contribution in [0.25, 0.3) is 0 Å². The van der Waals surface area contributed by atoms with Crippen molar-refractivity contribution in [1.82, 2.24) is 0 Å². The lowest BCUT2D eigenvalue weighted by Crippen LogP contribution is -2.40. The molecule has 0 aliphatic rings. The van der Waals surface area contributed by atoms with Crippen molar-refractivity contribution in [3.05, 3.63) is 28.8 Å². The normalized spacial score (nSPS) is 12.0. The van der Waals surface area contributed by atoms with Gasteiger partial charge in [-0.1, -0.05) is 6.07 Å². The molecule has 0 amide bonds. The SMILES string of the molecule is Cc1cc(C)c(N(C)C(CC(=O)O)C(=O)O)cc1C. The van der Waals surface area contributed by atoms with Crippen LogP contribution < -0.4 is 4.90 Å². The molecule has 2 N–H and O–H groups in total. The summed E-state index contributed by atoms with van der Waals surface area (Å²) >= 11 is 0. The van der Waals surface area contributed by atoms with Gasteiger partial charge >= 0.3 is 11.9 Å². The molecule has 1 aromatic carbocycles. The highest BCUT2D eigenvalue weighted by Gasteiger charge is 2.26. The van der Waals surface area contributed by atoms with Gasteiger partial charge in [0.1, 0.15) is 6.04 Å². The van der Waals surface area contributed by atoms with E-state index in [2.05, 4.69) is 0 Å². The molecule has 5 nitrogen and oxygen atoms in total. The van der Waals surface area contributed by atoms with Gasteiger partial charge in [-0.25, -0.2) is 4.79 Å². The number of benzene rings is 1. The van der Waals surface area contributed by atoms with Crippen LogP contribution in [0.1, 0.15) is 23.1 Å². The van der Waals surface area contributed by atoms with E-state index >= 15 is 0 Å². The second-order valence-corrected chi connectivity index (χ2v) is 4.79. The molecule has 0 heterocycles. The Kier molecular flexibility index (Phi) is 4.53. The Morgan fingerprint density at radius 3 is 2.11 bits per heavy atom. The summed E-state index contributed by atoms with van der Waals surface area (Å²) in [4.78, 5) is 23.5. The van der Waals surface area contributed by atoms with Crippen molar-refractivity contribution < 1.29 is 19.8 Å². The minimum Gasteiger partial charge on any atom is -0.481 e. The smallest absolute Gasteiger partial charge is 0.326 e. The third kappa shape index (κ3) is 3.47. The third-order valence-electron chi connectivity index (χ3n) is 3.31. The molecule has 1 rings (SSSR count). The fourth-order valence-corrected chi connectivity index (χ4v) is 2.05. The standard InChI is InChI=1S/C14H19NO4/c1-8-5-10(3)11(6-9(8)2)15(4)12(14(18)19)7-13(16)17/h5-6,12H,7H2,1-4H3,(H,16,17)(H,18,19). The summed E-state index contributed by atoms with van der Waals surface area (Å²) < 4.78 is 0. The van der Waals surface area contributed by atoms with Crippen molar-refractivity contribution in [2.45, 2.75) is 33.2 Å². The summed E-state index contributed by atoms with van der Waals surface area (Å²) in [7, 11) is 1.61. The molecule has 0 spiro atoms. The van der Waals surface area contributed by atoms with Crippen LogP contribution in [0.15, 0.2) is 12.1 Å². The maximum atomic E-state index is 11.2. The third-order valence-corrected chi connectivity index (χ3v) is 3.31. The lowest BCUT2D eigenvalue weighted by Gasteiger charge is -2.28. The van der Waals surface area contributed by atoms with Crippen molar-refractivity contribution in [2.75, 3.05) is 11.9 Å². The minimum absolute atomic E-state index is 0.432. The quantitative estimate of drug-likeness (QED) is 0.851. The first-order valence-electron chi connectivity index (χ1n) is 5.99. The number of aryl methyl sites for hydroxylation is 3. The summed E-state index contributed by atoms with van der Waals surface area (Å²) in [6.45, 7) is 5.81. The van der Waals surface area contributed by atoms with E-state index in [0.717, 1.165) is 22.4 Å². The highest BCUT2D eigenvalue weighted by atomic mass is 16.4. The first-order valence-corrected chi connectivity index (χ1v) is 5.99. The Balaban J connectivity index is 3.16. The molecule has 1 atom stereocenters. The van der Waals surface area contributed by atoms with Crippen molar-refractivity contribution >= 4 is 17.6 Å². The van der Waals surface area contributed by atoms with Crippen molar-refractivity contribution in [1.29, 1.82) is 0 Å². The summed E-state index contributed by atoms with van der Waals surface area (Å²) in [6.07, 6.45) is -0.432. The van der Waals surface area contributed by atoms with Crippen molar-refractivity contribution in [3.63, 3.8) is 0 Å². The molecule has 0 radical (unpaired) electrons. The predicted molar refractivity (Wildman–Crippen MR) is 72.7 cm³/mol. The van der Waals surface area contributed by atoms with Crippen LogP contribution in [0.4, 0.5) is 5.69 Å². The van der Waals surface area contributed by atoms with Gasteiger partial charge in [-0.2, -0.15) is 0 Å². The van der Waals surface area contributed by atoms with Crippen LogP contribution in [0, 0.1) is 20.8 Å². The zero-order valence-corrected chi connectivity index (χ0v) is 11.6. The second kappa shape index (κ2) is 5.73. The Labute approximate surface area is 112 Å². The zero-order valence-electron chi connectivity index (χ0n) is 11.6. The minimum atomic E-state index is -1.14. The number of anilines is 1. The van der Waals surface area contributed by atoms with Crippen LogP contribution in [0.3, 0.4) is 0 Å². The topological polar surface area (TPSA) is 77.8 Å². The number of nitrogens with zero attached hydrogens (tertiary/aromatic N) is 1. The van der Waals surface area contributed by atoms with E-state index < -0.39 is 24.4 Å². The fraction of sp³-hybridized carbons (Fsp3) is 0.429. The van der Waals surface area contributed by atoms with E-state index in [1.54, 1.807) is 7.05 Å². The molecule has 1 aromatic rings. The number of hydrogen-bond donors (Lipinski definition) is 2. The molecule has 104 valence electrons. The molecule has 0 saturated carbocycles.